The van der Waals surface area contributed by atoms with Gasteiger partial charge in [-0.25, -0.2) is 0 Å². The largest absolute Gasteiger partial charge is 0.378 e. The van der Waals surface area contributed by atoms with Gasteiger partial charge in [0.25, 0.3) is 0 Å². The van der Waals surface area contributed by atoms with E-state index in [1.165, 1.54) is 23.7 Å². The number of hydrogen-bond acceptors (Lipinski definition) is 3. The van der Waals surface area contributed by atoms with Crippen LogP contribution in [-0.4, -0.2) is 29.5 Å². The molecule has 2 heterocycles. The highest BCUT2D eigenvalue weighted by Gasteiger charge is 2.16. The molecular formula is C15H21N3O. The first-order valence-corrected chi connectivity index (χ1v) is 7.09. The SMILES string of the molecule is CNCc1nn(CCC2CCCO2)c2ccccc12. The van der Waals surface area contributed by atoms with Crippen molar-refractivity contribution in [1.29, 1.82) is 0 Å². The van der Waals surface area contributed by atoms with Gasteiger partial charge in [-0.15, -0.1) is 0 Å². The van der Waals surface area contributed by atoms with Crippen LogP contribution in [0.15, 0.2) is 24.3 Å². The van der Waals surface area contributed by atoms with Crippen molar-refractivity contribution in [2.75, 3.05) is 13.7 Å². The van der Waals surface area contributed by atoms with Gasteiger partial charge in [-0.1, -0.05) is 18.2 Å². The fraction of sp³-hybridized carbons (Fsp3) is 0.533. The third-order valence-electron chi connectivity index (χ3n) is 3.77. The van der Waals surface area contributed by atoms with Crippen LogP contribution in [0.1, 0.15) is 25.0 Å². The predicted octanol–water partition coefficient (Wildman–Crippen LogP) is 2.32. The van der Waals surface area contributed by atoms with Gasteiger partial charge >= 0.3 is 0 Å². The van der Waals surface area contributed by atoms with Crippen molar-refractivity contribution in [3.63, 3.8) is 0 Å². The van der Waals surface area contributed by atoms with Gasteiger partial charge in [0.2, 0.25) is 0 Å². The van der Waals surface area contributed by atoms with E-state index in [-0.39, 0.29) is 0 Å². The molecule has 0 amide bonds. The Morgan fingerprint density at radius 1 is 1.42 bits per heavy atom. The molecule has 1 atom stereocenters. The first-order valence-electron chi connectivity index (χ1n) is 7.09. The Hall–Kier alpha value is -1.39. The summed E-state index contributed by atoms with van der Waals surface area (Å²) in [4.78, 5) is 0. The van der Waals surface area contributed by atoms with Crippen molar-refractivity contribution in [1.82, 2.24) is 15.1 Å². The topological polar surface area (TPSA) is 39.1 Å². The third kappa shape index (κ3) is 2.65. The van der Waals surface area contributed by atoms with Gasteiger partial charge in [-0.05, 0) is 32.4 Å². The molecule has 0 bridgehead atoms. The maximum Gasteiger partial charge on any atom is 0.0841 e. The van der Waals surface area contributed by atoms with Gasteiger partial charge in [0.15, 0.2) is 0 Å². The van der Waals surface area contributed by atoms with Crippen LogP contribution >= 0.6 is 0 Å². The number of benzene rings is 1. The molecule has 1 fully saturated rings. The lowest BCUT2D eigenvalue weighted by Gasteiger charge is -2.09. The van der Waals surface area contributed by atoms with E-state index in [1.807, 2.05) is 7.05 Å². The van der Waals surface area contributed by atoms with E-state index < -0.39 is 0 Å². The van der Waals surface area contributed by atoms with Crippen molar-refractivity contribution in [2.24, 2.45) is 0 Å². The van der Waals surface area contributed by atoms with Crippen molar-refractivity contribution >= 4 is 10.9 Å². The number of nitrogens with one attached hydrogen (secondary N) is 1. The number of hydrogen-bond donors (Lipinski definition) is 1. The van der Waals surface area contributed by atoms with Gasteiger partial charge in [-0.2, -0.15) is 5.10 Å². The molecule has 0 spiro atoms. The molecule has 4 heteroatoms. The minimum Gasteiger partial charge on any atom is -0.378 e. The zero-order valence-corrected chi connectivity index (χ0v) is 11.4. The molecule has 0 aliphatic carbocycles. The maximum atomic E-state index is 5.69. The van der Waals surface area contributed by atoms with Crippen molar-refractivity contribution in [3.05, 3.63) is 30.0 Å². The van der Waals surface area contributed by atoms with E-state index >= 15 is 0 Å². The van der Waals surface area contributed by atoms with Crippen LogP contribution in [0.5, 0.6) is 0 Å². The molecule has 1 unspecified atom stereocenters. The van der Waals surface area contributed by atoms with E-state index in [9.17, 15) is 0 Å². The summed E-state index contributed by atoms with van der Waals surface area (Å²) in [6, 6.07) is 8.46. The Labute approximate surface area is 113 Å². The normalized spacial score (nSPS) is 19.3. The molecule has 1 aliphatic heterocycles. The van der Waals surface area contributed by atoms with Crippen LogP contribution in [0.3, 0.4) is 0 Å². The van der Waals surface area contributed by atoms with Crippen LogP contribution in [-0.2, 0) is 17.8 Å². The van der Waals surface area contributed by atoms with Crippen LogP contribution in [0.2, 0.25) is 0 Å². The molecule has 0 saturated carbocycles. The number of aryl methyl sites for hydroxylation is 1. The van der Waals surface area contributed by atoms with Crippen LogP contribution < -0.4 is 5.32 Å². The number of nitrogens with zero attached hydrogens (tertiary/aromatic N) is 2. The Morgan fingerprint density at radius 3 is 3.11 bits per heavy atom. The average Bonchev–Trinajstić information content (AvgIpc) is 3.06. The Kier molecular flexibility index (Phi) is 3.80. The predicted molar refractivity (Wildman–Crippen MR) is 76.1 cm³/mol. The number of aromatic nitrogens is 2. The smallest absolute Gasteiger partial charge is 0.0841 e. The van der Waals surface area contributed by atoms with E-state index in [0.29, 0.717) is 6.10 Å². The van der Waals surface area contributed by atoms with Gasteiger partial charge in [0.1, 0.15) is 0 Å². The van der Waals surface area contributed by atoms with Gasteiger partial charge < -0.3 is 10.1 Å². The fourth-order valence-corrected chi connectivity index (χ4v) is 2.80. The van der Waals surface area contributed by atoms with E-state index in [1.54, 1.807) is 0 Å². The lowest BCUT2D eigenvalue weighted by Crippen LogP contribution is -2.12. The summed E-state index contributed by atoms with van der Waals surface area (Å²) >= 11 is 0. The van der Waals surface area contributed by atoms with Gasteiger partial charge in [0, 0.05) is 25.1 Å². The van der Waals surface area contributed by atoms with Gasteiger partial charge in [-0.3, -0.25) is 4.68 Å². The summed E-state index contributed by atoms with van der Waals surface area (Å²) in [6.45, 7) is 2.68. The van der Waals surface area contributed by atoms with Crippen molar-refractivity contribution in [3.8, 4) is 0 Å². The monoisotopic (exact) mass is 259 g/mol. The lowest BCUT2D eigenvalue weighted by molar-refractivity contribution is 0.0997. The third-order valence-corrected chi connectivity index (χ3v) is 3.77. The Morgan fingerprint density at radius 2 is 2.32 bits per heavy atom. The van der Waals surface area contributed by atoms with E-state index in [4.69, 9.17) is 9.84 Å². The molecule has 1 N–H and O–H groups in total. The molecule has 1 aromatic heterocycles. The quantitative estimate of drug-likeness (QED) is 0.895. The second kappa shape index (κ2) is 5.72. The molecule has 4 nitrogen and oxygen atoms in total. The molecule has 0 radical (unpaired) electrons. The second-order valence-electron chi connectivity index (χ2n) is 5.14. The first kappa shape index (κ1) is 12.6. The molecule has 1 aromatic carbocycles. The fourth-order valence-electron chi connectivity index (χ4n) is 2.80. The molecule has 19 heavy (non-hydrogen) atoms. The molecule has 1 saturated heterocycles. The Bertz CT molecular complexity index is 543. The minimum atomic E-state index is 0.427. The first-order chi connectivity index (χ1) is 9.38. The van der Waals surface area contributed by atoms with Crippen LogP contribution in [0.4, 0.5) is 0 Å². The highest BCUT2D eigenvalue weighted by molar-refractivity contribution is 5.81. The highest BCUT2D eigenvalue weighted by Crippen LogP contribution is 2.21. The summed E-state index contributed by atoms with van der Waals surface area (Å²) in [5.41, 5.74) is 2.36. The summed E-state index contributed by atoms with van der Waals surface area (Å²) < 4.78 is 7.82. The molecule has 102 valence electrons. The summed E-state index contributed by atoms with van der Waals surface area (Å²) in [5.74, 6) is 0. The number of ether oxygens (including phenoxy) is 1. The molecule has 3 rings (SSSR count). The summed E-state index contributed by atoms with van der Waals surface area (Å²) in [6.07, 6.45) is 3.89. The highest BCUT2D eigenvalue weighted by atomic mass is 16.5. The van der Waals surface area contributed by atoms with E-state index in [2.05, 4.69) is 34.3 Å². The zero-order valence-electron chi connectivity index (χ0n) is 11.4. The minimum absolute atomic E-state index is 0.427. The number of rotatable bonds is 5. The maximum absolute atomic E-state index is 5.69. The second-order valence-corrected chi connectivity index (χ2v) is 5.14. The van der Waals surface area contributed by atoms with E-state index in [0.717, 1.165) is 31.8 Å². The number of para-hydroxylation sites is 1. The van der Waals surface area contributed by atoms with Crippen molar-refractivity contribution in [2.45, 2.75) is 38.5 Å². The van der Waals surface area contributed by atoms with Crippen molar-refractivity contribution < 1.29 is 4.74 Å². The Balaban J connectivity index is 1.81. The average molecular weight is 259 g/mol. The molecular weight excluding hydrogens is 238 g/mol. The summed E-state index contributed by atoms with van der Waals surface area (Å²) in [5, 5.41) is 9.18. The van der Waals surface area contributed by atoms with Gasteiger partial charge in [0.05, 0.1) is 17.3 Å². The summed E-state index contributed by atoms with van der Waals surface area (Å²) in [7, 11) is 1.96. The number of fused-ring (bicyclic) bond motifs is 1. The zero-order chi connectivity index (χ0) is 13.1. The molecule has 1 aliphatic rings. The van der Waals surface area contributed by atoms with Crippen LogP contribution in [0.25, 0.3) is 10.9 Å². The molecule has 2 aromatic rings. The van der Waals surface area contributed by atoms with Crippen LogP contribution in [0, 0.1) is 0 Å². The standard InChI is InChI=1S/C15H21N3O/c1-16-11-14-13-6-2-3-7-15(13)18(17-14)9-8-12-5-4-10-19-12/h2-3,6-7,12,16H,4-5,8-11H2,1H3. The lowest BCUT2D eigenvalue weighted by atomic mass is 10.2.